The van der Waals surface area contributed by atoms with E-state index in [0.717, 1.165) is 0 Å². The maximum Gasteiger partial charge on any atom is 0.326 e. The SMILES string of the molecule is N#Cc1cccc(-c2oc3c(CNCCP(=O)(O)O)ccc4c3c2C=C(CNCCP(=O)(O)O)C4=O)c1. The van der Waals surface area contributed by atoms with Crippen molar-refractivity contribution in [1.82, 2.24) is 10.6 Å². The first kappa shape index (κ1) is 27.1. The number of benzene rings is 2. The number of carbonyl (C=O) groups excluding carboxylic acids is 1. The van der Waals surface area contributed by atoms with Crippen molar-refractivity contribution in [3.63, 3.8) is 0 Å². The molecule has 6 N–H and O–H groups in total. The Morgan fingerprint density at radius 3 is 2.27 bits per heavy atom. The highest BCUT2D eigenvalue weighted by molar-refractivity contribution is 7.52. The van der Waals surface area contributed by atoms with Crippen molar-refractivity contribution in [2.75, 3.05) is 32.0 Å². The summed E-state index contributed by atoms with van der Waals surface area (Å²) in [4.78, 5) is 49.6. The van der Waals surface area contributed by atoms with E-state index in [9.17, 15) is 19.2 Å². The lowest BCUT2D eigenvalue weighted by molar-refractivity contribution is 0.103. The number of furan rings is 1. The van der Waals surface area contributed by atoms with Crippen molar-refractivity contribution in [3.05, 3.63) is 64.2 Å². The standard InChI is InChI=1S/C24H25N3O8P2/c25-12-15-2-1-3-16(10-15)23-20-11-18(14-27-7-9-37(32,33)34)22(28)19-5-4-17(24(35-23)21(19)20)13-26-6-8-36(29,30)31/h1-5,10-11,26-27H,6-9,13-14H2,(H2,29,30,31)(H2,32,33,34). The zero-order chi connectivity index (χ0) is 26.8. The van der Waals surface area contributed by atoms with Crippen LogP contribution in [0.5, 0.6) is 0 Å². The van der Waals surface area contributed by atoms with Gasteiger partial charge in [-0.3, -0.25) is 13.9 Å². The molecule has 0 unspecified atom stereocenters. The van der Waals surface area contributed by atoms with Crippen LogP contribution in [0.3, 0.4) is 0 Å². The van der Waals surface area contributed by atoms with Crippen LogP contribution < -0.4 is 10.6 Å². The number of Topliss-reactive ketones (excluding diaryl/α,β-unsaturated/α-hetero) is 1. The number of hydrogen-bond acceptors (Lipinski definition) is 7. The summed E-state index contributed by atoms with van der Waals surface area (Å²) in [5.74, 6) is 0.205. The third kappa shape index (κ3) is 6.51. The highest BCUT2D eigenvalue weighted by atomic mass is 31.2. The fourth-order valence-electron chi connectivity index (χ4n) is 4.13. The molecule has 0 saturated heterocycles. The number of carbonyl (C=O) groups is 1. The molecule has 2 aromatic carbocycles. The van der Waals surface area contributed by atoms with Crippen molar-refractivity contribution in [2.45, 2.75) is 6.54 Å². The van der Waals surface area contributed by atoms with Gasteiger partial charge in [0.1, 0.15) is 11.3 Å². The van der Waals surface area contributed by atoms with Crippen LogP contribution in [0.1, 0.15) is 27.0 Å². The highest BCUT2D eigenvalue weighted by Gasteiger charge is 2.29. The molecule has 11 nitrogen and oxygen atoms in total. The summed E-state index contributed by atoms with van der Waals surface area (Å²) in [6.07, 6.45) is 1.01. The predicted molar refractivity (Wildman–Crippen MR) is 137 cm³/mol. The summed E-state index contributed by atoms with van der Waals surface area (Å²) >= 11 is 0. The van der Waals surface area contributed by atoms with E-state index in [2.05, 4.69) is 16.7 Å². The van der Waals surface area contributed by atoms with Gasteiger partial charge in [-0.25, -0.2) is 0 Å². The van der Waals surface area contributed by atoms with Crippen LogP contribution in [0.4, 0.5) is 0 Å². The van der Waals surface area contributed by atoms with Crippen molar-refractivity contribution < 1.29 is 37.9 Å². The van der Waals surface area contributed by atoms with E-state index in [0.29, 0.717) is 50.1 Å². The van der Waals surface area contributed by atoms with E-state index < -0.39 is 15.2 Å². The van der Waals surface area contributed by atoms with E-state index in [1.165, 1.54) is 0 Å². The minimum atomic E-state index is -4.17. The van der Waals surface area contributed by atoms with Crippen molar-refractivity contribution in [3.8, 4) is 17.4 Å². The molecular formula is C24H25N3O8P2. The van der Waals surface area contributed by atoms with Gasteiger partial charge < -0.3 is 34.6 Å². The van der Waals surface area contributed by atoms with E-state index in [1.807, 2.05) is 0 Å². The van der Waals surface area contributed by atoms with Crippen molar-refractivity contribution >= 4 is 38.0 Å². The lowest BCUT2D eigenvalue weighted by Crippen LogP contribution is -2.25. The molecule has 13 heteroatoms. The number of nitriles is 1. The molecule has 3 aromatic rings. The van der Waals surface area contributed by atoms with Gasteiger partial charge in [0, 0.05) is 59.4 Å². The van der Waals surface area contributed by atoms with Gasteiger partial charge in [-0.15, -0.1) is 0 Å². The summed E-state index contributed by atoms with van der Waals surface area (Å²) in [5.41, 5.74) is 3.65. The average Bonchev–Trinajstić information content (AvgIpc) is 3.22. The Balaban J connectivity index is 1.73. The van der Waals surface area contributed by atoms with Gasteiger partial charge in [0.15, 0.2) is 5.78 Å². The van der Waals surface area contributed by atoms with Crippen LogP contribution >= 0.6 is 15.2 Å². The fourth-order valence-corrected chi connectivity index (χ4v) is 5.03. The molecule has 0 aliphatic heterocycles. The maximum absolute atomic E-state index is 13.3. The zero-order valence-corrected chi connectivity index (χ0v) is 21.3. The second-order valence-electron chi connectivity index (χ2n) is 8.64. The molecule has 0 bridgehead atoms. The summed E-state index contributed by atoms with van der Waals surface area (Å²) < 4.78 is 28.5. The van der Waals surface area contributed by atoms with E-state index in [-0.39, 0.29) is 44.3 Å². The van der Waals surface area contributed by atoms with Crippen LogP contribution in [0.2, 0.25) is 0 Å². The van der Waals surface area contributed by atoms with Gasteiger partial charge in [-0.2, -0.15) is 5.26 Å². The molecule has 0 spiro atoms. The Morgan fingerprint density at radius 1 is 0.946 bits per heavy atom. The third-order valence-corrected chi connectivity index (χ3v) is 7.47. The van der Waals surface area contributed by atoms with Gasteiger partial charge >= 0.3 is 15.2 Å². The van der Waals surface area contributed by atoms with Gasteiger partial charge in [-0.05, 0) is 24.3 Å². The summed E-state index contributed by atoms with van der Waals surface area (Å²) in [6, 6.07) is 12.3. The van der Waals surface area contributed by atoms with Crippen LogP contribution in [-0.4, -0.2) is 57.3 Å². The quantitative estimate of drug-likeness (QED) is 0.153. The lowest BCUT2D eigenvalue weighted by atomic mass is 9.88. The summed E-state index contributed by atoms with van der Waals surface area (Å²) in [7, 11) is -8.31. The zero-order valence-electron chi connectivity index (χ0n) is 19.5. The molecule has 0 fully saturated rings. The molecule has 0 amide bonds. The fraction of sp³-hybridized carbons (Fsp3) is 0.250. The van der Waals surface area contributed by atoms with Crippen LogP contribution in [-0.2, 0) is 15.7 Å². The van der Waals surface area contributed by atoms with Gasteiger partial charge in [0.2, 0.25) is 0 Å². The molecule has 37 heavy (non-hydrogen) atoms. The first-order valence-electron chi connectivity index (χ1n) is 11.3. The smallest absolute Gasteiger partial charge is 0.326 e. The summed E-state index contributed by atoms with van der Waals surface area (Å²) in [5, 5.41) is 15.8. The molecule has 1 aliphatic rings. The molecule has 0 atom stereocenters. The number of nitrogens with one attached hydrogen (secondary N) is 2. The molecule has 1 aromatic heterocycles. The van der Waals surface area contributed by atoms with Crippen molar-refractivity contribution in [1.29, 1.82) is 5.26 Å². The highest BCUT2D eigenvalue weighted by Crippen LogP contribution is 2.42. The second kappa shape index (κ2) is 10.8. The topological polar surface area (TPSA) is 193 Å². The third-order valence-electron chi connectivity index (χ3n) is 5.86. The van der Waals surface area contributed by atoms with Crippen LogP contribution in [0, 0.1) is 11.3 Å². The number of ketones is 1. The van der Waals surface area contributed by atoms with Gasteiger partial charge in [-0.1, -0.05) is 18.2 Å². The maximum atomic E-state index is 13.3. The largest absolute Gasteiger partial charge is 0.455 e. The second-order valence-corrected chi connectivity index (χ2v) is 12.2. The molecule has 4 rings (SSSR count). The monoisotopic (exact) mass is 545 g/mol. The summed E-state index contributed by atoms with van der Waals surface area (Å²) in [6.45, 7) is 0.449. The van der Waals surface area contributed by atoms with E-state index >= 15 is 0 Å². The van der Waals surface area contributed by atoms with Gasteiger partial charge in [0.05, 0.1) is 24.0 Å². The Hall–Kier alpha value is -2.90. The van der Waals surface area contributed by atoms with Crippen LogP contribution in [0.15, 0.2) is 46.4 Å². The van der Waals surface area contributed by atoms with E-state index in [4.69, 9.17) is 24.0 Å². The minimum Gasteiger partial charge on any atom is -0.455 e. The molecule has 0 radical (unpaired) electrons. The molecule has 1 heterocycles. The minimum absolute atomic E-state index is 0.0266. The average molecular weight is 545 g/mol. The molecular weight excluding hydrogens is 520 g/mol. The first-order valence-corrected chi connectivity index (χ1v) is 14.9. The Bertz CT molecular complexity index is 1530. The first-order chi connectivity index (χ1) is 17.5. The Morgan fingerprint density at radius 2 is 1.62 bits per heavy atom. The normalized spacial score (nSPS) is 13.6. The predicted octanol–water partition coefficient (Wildman–Crippen LogP) is 2.59. The Kier molecular flexibility index (Phi) is 7.95. The number of rotatable bonds is 11. The molecule has 0 saturated carbocycles. The lowest BCUT2D eigenvalue weighted by Gasteiger charge is -2.15. The Labute approximate surface area is 212 Å². The van der Waals surface area contributed by atoms with Gasteiger partial charge in [0.25, 0.3) is 0 Å². The molecule has 194 valence electrons. The van der Waals surface area contributed by atoms with Crippen molar-refractivity contribution in [2.24, 2.45) is 0 Å². The number of hydrogen-bond donors (Lipinski definition) is 6. The van der Waals surface area contributed by atoms with E-state index in [1.54, 1.807) is 42.5 Å². The number of nitrogens with zero attached hydrogens (tertiary/aromatic N) is 1. The van der Waals surface area contributed by atoms with Crippen LogP contribution in [0.25, 0.3) is 28.4 Å². The molecule has 1 aliphatic carbocycles.